The SMILES string of the molecule is O=C(CSc1nnc(-c2ccccc2F)o1)N1c2ccccc2OC[C@H]1c1ccccc1. The van der Waals surface area contributed by atoms with E-state index in [-0.39, 0.29) is 34.4 Å². The molecule has 4 aromatic rings. The summed E-state index contributed by atoms with van der Waals surface area (Å²) in [5.74, 6) is 0.260. The molecule has 0 unspecified atom stereocenters. The summed E-state index contributed by atoms with van der Waals surface area (Å²) >= 11 is 1.12. The number of amides is 1. The van der Waals surface area contributed by atoms with Crippen LogP contribution in [0.4, 0.5) is 10.1 Å². The number of rotatable bonds is 5. The molecule has 32 heavy (non-hydrogen) atoms. The predicted molar refractivity (Wildman–Crippen MR) is 119 cm³/mol. The van der Waals surface area contributed by atoms with Crippen molar-refractivity contribution in [3.05, 3.63) is 90.2 Å². The standard InChI is InChI=1S/C24H18FN3O3S/c25-18-11-5-4-10-17(18)23-26-27-24(31-23)32-15-22(29)28-19-12-6-7-13-21(19)30-14-20(28)16-8-2-1-3-9-16/h1-13,20H,14-15H2/t20-/m0/s1. The molecular weight excluding hydrogens is 429 g/mol. The second-order valence-electron chi connectivity index (χ2n) is 7.11. The zero-order valence-electron chi connectivity index (χ0n) is 16.8. The van der Waals surface area contributed by atoms with E-state index in [0.29, 0.717) is 12.4 Å². The number of halogens is 1. The van der Waals surface area contributed by atoms with E-state index in [0.717, 1.165) is 23.0 Å². The van der Waals surface area contributed by atoms with Crippen molar-refractivity contribution in [2.24, 2.45) is 0 Å². The van der Waals surface area contributed by atoms with Gasteiger partial charge in [0.25, 0.3) is 11.1 Å². The Labute approximate surface area is 188 Å². The van der Waals surface area contributed by atoms with Gasteiger partial charge in [0, 0.05) is 0 Å². The zero-order chi connectivity index (χ0) is 21.9. The van der Waals surface area contributed by atoms with Crippen molar-refractivity contribution in [2.75, 3.05) is 17.3 Å². The number of carbonyl (C=O) groups is 1. The molecule has 1 aromatic heterocycles. The molecule has 2 heterocycles. The number of ether oxygens (including phenoxy) is 1. The molecule has 160 valence electrons. The Balaban J connectivity index is 1.37. The van der Waals surface area contributed by atoms with Gasteiger partial charge >= 0.3 is 0 Å². The van der Waals surface area contributed by atoms with Crippen molar-refractivity contribution in [3.63, 3.8) is 0 Å². The molecule has 6 nitrogen and oxygen atoms in total. The number of para-hydroxylation sites is 2. The number of aromatic nitrogens is 2. The third-order valence-corrected chi connectivity index (χ3v) is 5.92. The number of hydrogen-bond donors (Lipinski definition) is 0. The maximum Gasteiger partial charge on any atom is 0.277 e. The van der Waals surface area contributed by atoms with Gasteiger partial charge in [-0.3, -0.25) is 9.69 Å². The normalized spacial score (nSPS) is 15.2. The van der Waals surface area contributed by atoms with Crippen molar-refractivity contribution in [2.45, 2.75) is 11.3 Å². The number of anilines is 1. The molecule has 1 aliphatic heterocycles. The lowest BCUT2D eigenvalue weighted by Gasteiger charge is -2.37. The van der Waals surface area contributed by atoms with Gasteiger partial charge < -0.3 is 9.15 Å². The first-order valence-corrected chi connectivity index (χ1v) is 11.0. The van der Waals surface area contributed by atoms with Crippen molar-refractivity contribution in [3.8, 4) is 17.2 Å². The van der Waals surface area contributed by atoms with Crippen LogP contribution in [0.3, 0.4) is 0 Å². The minimum absolute atomic E-state index is 0.0799. The summed E-state index contributed by atoms with van der Waals surface area (Å²) in [6, 6.07) is 23.2. The lowest BCUT2D eigenvalue weighted by molar-refractivity contribution is -0.117. The van der Waals surface area contributed by atoms with Crippen LogP contribution in [-0.4, -0.2) is 28.5 Å². The quantitative estimate of drug-likeness (QED) is 0.395. The Hall–Kier alpha value is -3.65. The first-order valence-electron chi connectivity index (χ1n) is 10.0. The number of carbonyl (C=O) groups excluding carboxylic acids is 1. The minimum atomic E-state index is -0.445. The van der Waals surface area contributed by atoms with Crippen LogP contribution >= 0.6 is 11.8 Å². The van der Waals surface area contributed by atoms with Crippen LogP contribution in [0.2, 0.25) is 0 Å². The molecule has 0 saturated heterocycles. The fourth-order valence-electron chi connectivity index (χ4n) is 3.62. The van der Waals surface area contributed by atoms with Crippen LogP contribution < -0.4 is 9.64 Å². The molecule has 1 aliphatic rings. The van der Waals surface area contributed by atoms with Crippen LogP contribution in [0, 0.1) is 5.82 Å². The molecule has 0 fully saturated rings. The summed E-state index contributed by atoms with van der Waals surface area (Å²) < 4.78 is 25.5. The first-order chi connectivity index (χ1) is 15.7. The summed E-state index contributed by atoms with van der Waals surface area (Å²) in [6.07, 6.45) is 0. The smallest absolute Gasteiger partial charge is 0.277 e. The van der Waals surface area contributed by atoms with Gasteiger partial charge in [-0.1, -0.05) is 66.4 Å². The highest BCUT2D eigenvalue weighted by Gasteiger charge is 2.33. The van der Waals surface area contributed by atoms with Gasteiger partial charge in [0.15, 0.2) is 0 Å². The largest absolute Gasteiger partial charge is 0.489 e. The highest BCUT2D eigenvalue weighted by molar-refractivity contribution is 7.99. The average molecular weight is 447 g/mol. The number of thioether (sulfide) groups is 1. The lowest BCUT2D eigenvalue weighted by Crippen LogP contribution is -2.42. The molecular formula is C24H18FN3O3S. The summed E-state index contributed by atoms with van der Waals surface area (Å²) in [6.45, 7) is 0.357. The Morgan fingerprint density at radius 3 is 2.59 bits per heavy atom. The Bertz CT molecular complexity index is 1250. The van der Waals surface area contributed by atoms with Gasteiger partial charge in [-0.15, -0.1) is 10.2 Å². The third-order valence-electron chi connectivity index (χ3n) is 5.12. The molecule has 0 radical (unpaired) electrons. The van der Waals surface area contributed by atoms with E-state index in [1.54, 1.807) is 23.1 Å². The molecule has 0 aliphatic carbocycles. The van der Waals surface area contributed by atoms with E-state index in [1.807, 2.05) is 54.6 Å². The van der Waals surface area contributed by atoms with Gasteiger partial charge in [-0.25, -0.2) is 4.39 Å². The molecule has 1 atom stereocenters. The van der Waals surface area contributed by atoms with Crippen molar-refractivity contribution in [1.29, 1.82) is 0 Å². The minimum Gasteiger partial charge on any atom is -0.489 e. The second-order valence-corrected chi connectivity index (χ2v) is 8.04. The zero-order valence-corrected chi connectivity index (χ0v) is 17.7. The molecule has 3 aromatic carbocycles. The molecule has 0 spiro atoms. The molecule has 8 heteroatoms. The van der Waals surface area contributed by atoms with E-state index in [1.165, 1.54) is 6.07 Å². The number of benzene rings is 3. The van der Waals surface area contributed by atoms with Crippen LogP contribution in [-0.2, 0) is 4.79 Å². The van der Waals surface area contributed by atoms with E-state index in [9.17, 15) is 9.18 Å². The lowest BCUT2D eigenvalue weighted by atomic mass is 10.0. The summed E-state index contributed by atoms with van der Waals surface area (Å²) in [5, 5.41) is 8.07. The van der Waals surface area contributed by atoms with Crippen LogP contribution in [0.15, 0.2) is 88.5 Å². The van der Waals surface area contributed by atoms with Crippen molar-refractivity contribution < 1.29 is 18.3 Å². The molecule has 0 bridgehead atoms. The van der Waals surface area contributed by atoms with Gasteiger partial charge in [0.05, 0.1) is 23.0 Å². The number of fused-ring (bicyclic) bond motifs is 1. The van der Waals surface area contributed by atoms with Crippen LogP contribution in [0.5, 0.6) is 5.75 Å². The topological polar surface area (TPSA) is 68.5 Å². The Kier molecular flexibility index (Phi) is 5.60. The van der Waals surface area contributed by atoms with Gasteiger partial charge in [0.1, 0.15) is 18.2 Å². The van der Waals surface area contributed by atoms with E-state index in [4.69, 9.17) is 9.15 Å². The molecule has 0 N–H and O–H groups in total. The van der Waals surface area contributed by atoms with Gasteiger partial charge in [-0.2, -0.15) is 0 Å². The van der Waals surface area contributed by atoms with Crippen molar-refractivity contribution in [1.82, 2.24) is 10.2 Å². The third kappa shape index (κ3) is 3.97. The van der Waals surface area contributed by atoms with Gasteiger partial charge in [-0.05, 0) is 29.8 Å². The highest BCUT2D eigenvalue weighted by atomic mass is 32.2. The fraction of sp³-hybridized carbons (Fsp3) is 0.125. The molecule has 0 saturated carbocycles. The highest BCUT2D eigenvalue weighted by Crippen LogP contribution is 2.40. The maximum absolute atomic E-state index is 14.0. The monoisotopic (exact) mass is 447 g/mol. The second kappa shape index (κ2) is 8.84. The van der Waals surface area contributed by atoms with E-state index in [2.05, 4.69) is 10.2 Å². The fourth-order valence-corrected chi connectivity index (χ4v) is 4.25. The maximum atomic E-state index is 14.0. The Morgan fingerprint density at radius 1 is 1.00 bits per heavy atom. The average Bonchev–Trinajstić information content (AvgIpc) is 3.31. The van der Waals surface area contributed by atoms with Gasteiger partial charge in [0.2, 0.25) is 5.91 Å². The first kappa shape index (κ1) is 20.3. The van der Waals surface area contributed by atoms with Crippen molar-refractivity contribution >= 4 is 23.4 Å². The molecule has 1 amide bonds. The number of nitrogens with zero attached hydrogens (tertiary/aromatic N) is 3. The Morgan fingerprint density at radius 2 is 1.75 bits per heavy atom. The number of hydrogen-bond acceptors (Lipinski definition) is 6. The van der Waals surface area contributed by atoms with Crippen LogP contribution in [0.1, 0.15) is 11.6 Å². The van der Waals surface area contributed by atoms with E-state index < -0.39 is 5.82 Å². The summed E-state index contributed by atoms with van der Waals surface area (Å²) in [7, 11) is 0. The van der Waals surface area contributed by atoms with E-state index >= 15 is 0 Å². The summed E-state index contributed by atoms with van der Waals surface area (Å²) in [4.78, 5) is 15.1. The molecule has 5 rings (SSSR count). The predicted octanol–water partition coefficient (Wildman–Crippen LogP) is 5.13. The summed E-state index contributed by atoms with van der Waals surface area (Å²) in [5.41, 5.74) is 1.93. The van der Waals surface area contributed by atoms with Crippen LogP contribution in [0.25, 0.3) is 11.5 Å².